The minimum atomic E-state index is -0.0325. The monoisotopic (exact) mass is 225 g/mol. The van der Waals surface area contributed by atoms with E-state index >= 15 is 0 Å². The van der Waals surface area contributed by atoms with Crippen molar-refractivity contribution in [1.82, 2.24) is 0 Å². The second kappa shape index (κ2) is 4.22. The van der Waals surface area contributed by atoms with Crippen molar-refractivity contribution >= 4 is 0 Å². The normalized spacial score (nSPS) is 17.6. The van der Waals surface area contributed by atoms with E-state index in [2.05, 4.69) is 24.3 Å². The molecule has 0 spiro atoms. The van der Waals surface area contributed by atoms with Crippen LogP contribution in [0.1, 0.15) is 22.8 Å². The average molecular weight is 225 g/mol. The van der Waals surface area contributed by atoms with Crippen molar-refractivity contribution in [3.63, 3.8) is 0 Å². The Morgan fingerprint density at radius 2 is 1.71 bits per heavy atom. The zero-order chi connectivity index (χ0) is 11.7. The number of ether oxygens (including phenoxy) is 1. The average Bonchev–Trinajstić information content (AvgIpc) is 2.54. The van der Waals surface area contributed by atoms with Gasteiger partial charge in [-0.25, -0.2) is 0 Å². The number of hydrogen-bond acceptors (Lipinski definition) is 2. The van der Waals surface area contributed by atoms with Gasteiger partial charge < -0.3 is 10.5 Å². The SMILES string of the molecule is NC[C@@H]1Oc2ccccc2Cc2ccccc21. The first-order chi connectivity index (χ1) is 8.38. The molecule has 0 bridgehead atoms. The number of para-hydroxylation sites is 1. The van der Waals surface area contributed by atoms with Gasteiger partial charge in [0.05, 0.1) is 0 Å². The fourth-order valence-corrected chi connectivity index (χ4v) is 2.37. The van der Waals surface area contributed by atoms with Gasteiger partial charge in [-0.3, -0.25) is 0 Å². The van der Waals surface area contributed by atoms with E-state index in [4.69, 9.17) is 10.5 Å². The van der Waals surface area contributed by atoms with Gasteiger partial charge in [0, 0.05) is 13.0 Å². The molecular formula is C15H15NO. The summed E-state index contributed by atoms with van der Waals surface area (Å²) in [4.78, 5) is 0. The molecule has 2 aromatic carbocycles. The summed E-state index contributed by atoms with van der Waals surface area (Å²) in [6.45, 7) is 0.505. The van der Waals surface area contributed by atoms with Gasteiger partial charge in [0.15, 0.2) is 0 Å². The van der Waals surface area contributed by atoms with E-state index in [0.717, 1.165) is 12.2 Å². The lowest BCUT2D eigenvalue weighted by atomic mass is 9.98. The van der Waals surface area contributed by atoms with E-state index in [1.807, 2.05) is 24.3 Å². The summed E-state index contributed by atoms with van der Waals surface area (Å²) in [5.41, 5.74) is 9.58. The highest BCUT2D eigenvalue weighted by Gasteiger charge is 2.21. The Morgan fingerprint density at radius 3 is 2.53 bits per heavy atom. The van der Waals surface area contributed by atoms with Gasteiger partial charge >= 0.3 is 0 Å². The molecule has 0 radical (unpaired) electrons. The molecule has 3 rings (SSSR count). The summed E-state index contributed by atoms with van der Waals surface area (Å²) >= 11 is 0. The van der Waals surface area contributed by atoms with Crippen LogP contribution in [-0.4, -0.2) is 6.54 Å². The third kappa shape index (κ3) is 1.81. The van der Waals surface area contributed by atoms with Crippen LogP contribution >= 0.6 is 0 Å². The van der Waals surface area contributed by atoms with E-state index in [9.17, 15) is 0 Å². The zero-order valence-electron chi connectivity index (χ0n) is 9.60. The Morgan fingerprint density at radius 1 is 1.00 bits per heavy atom. The summed E-state index contributed by atoms with van der Waals surface area (Å²) in [7, 11) is 0. The molecule has 0 saturated heterocycles. The first-order valence-corrected chi connectivity index (χ1v) is 5.91. The van der Waals surface area contributed by atoms with Crippen LogP contribution in [0.4, 0.5) is 0 Å². The van der Waals surface area contributed by atoms with Gasteiger partial charge in [0.1, 0.15) is 11.9 Å². The van der Waals surface area contributed by atoms with E-state index in [0.29, 0.717) is 6.54 Å². The standard InChI is InChI=1S/C15H15NO/c16-10-15-13-7-3-1-5-11(13)9-12-6-2-4-8-14(12)17-15/h1-8,15H,9-10,16H2/t15-/m0/s1. The van der Waals surface area contributed by atoms with Crippen LogP contribution in [0.15, 0.2) is 48.5 Å². The highest BCUT2D eigenvalue weighted by molar-refractivity contribution is 5.43. The van der Waals surface area contributed by atoms with Gasteiger partial charge in [-0.1, -0.05) is 42.5 Å². The van der Waals surface area contributed by atoms with Crippen molar-refractivity contribution in [3.8, 4) is 5.75 Å². The Balaban J connectivity index is 2.13. The van der Waals surface area contributed by atoms with Crippen LogP contribution < -0.4 is 10.5 Å². The van der Waals surface area contributed by atoms with Gasteiger partial charge in [-0.15, -0.1) is 0 Å². The van der Waals surface area contributed by atoms with E-state index in [1.165, 1.54) is 16.7 Å². The number of nitrogens with two attached hydrogens (primary N) is 1. The number of benzene rings is 2. The molecule has 1 aliphatic rings. The lowest BCUT2D eigenvalue weighted by Gasteiger charge is -2.17. The van der Waals surface area contributed by atoms with Crippen molar-refractivity contribution in [2.45, 2.75) is 12.5 Å². The highest BCUT2D eigenvalue weighted by atomic mass is 16.5. The third-order valence-corrected chi connectivity index (χ3v) is 3.24. The van der Waals surface area contributed by atoms with Gasteiger partial charge in [-0.2, -0.15) is 0 Å². The van der Waals surface area contributed by atoms with Crippen LogP contribution in [0.5, 0.6) is 5.75 Å². The predicted molar refractivity (Wildman–Crippen MR) is 68.1 cm³/mol. The molecule has 2 nitrogen and oxygen atoms in total. The first-order valence-electron chi connectivity index (χ1n) is 5.91. The lowest BCUT2D eigenvalue weighted by molar-refractivity contribution is 0.215. The molecule has 1 atom stereocenters. The Hall–Kier alpha value is -1.80. The highest BCUT2D eigenvalue weighted by Crippen LogP contribution is 2.33. The fourth-order valence-electron chi connectivity index (χ4n) is 2.37. The molecule has 0 aliphatic carbocycles. The van der Waals surface area contributed by atoms with Crippen LogP contribution in [0.25, 0.3) is 0 Å². The second-order valence-corrected chi connectivity index (χ2v) is 4.33. The fraction of sp³-hybridized carbons (Fsp3) is 0.200. The van der Waals surface area contributed by atoms with Crippen molar-refractivity contribution < 1.29 is 4.74 Å². The molecular weight excluding hydrogens is 210 g/mol. The molecule has 1 heterocycles. The molecule has 0 saturated carbocycles. The van der Waals surface area contributed by atoms with Crippen molar-refractivity contribution in [2.24, 2.45) is 5.73 Å². The van der Waals surface area contributed by atoms with Crippen molar-refractivity contribution in [3.05, 3.63) is 65.2 Å². The lowest BCUT2D eigenvalue weighted by Crippen LogP contribution is -2.18. The smallest absolute Gasteiger partial charge is 0.136 e. The van der Waals surface area contributed by atoms with E-state index in [-0.39, 0.29) is 6.10 Å². The predicted octanol–water partition coefficient (Wildman–Crippen LogP) is 2.67. The summed E-state index contributed by atoms with van der Waals surface area (Å²) in [5.74, 6) is 0.958. The number of hydrogen-bond donors (Lipinski definition) is 1. The summed E-state index contributed by atoms with van der Waals surface area (Å²) in [6.07, 6.45) is 0.887. The van der Waals surface area contributed by atoms with Crippen LogP contribution in [0.2, 0.25) is 0 Å². The topological polar surface area (TPSA) is 35.2 Å². The van der Waals surface area contributed by atoms with Crippen LogP contribution in [-0.2, 0) is 6.42 Å². The quantitative estimate of drug-likeness (QED) is 0.809. The van der Waals surface area contributed by atoms with Gasteiger partial charge in [0.25, 0.3) is 0 Å². The van der Waals surface area contributed by atoms with Crippen LogP contribution in [0.3, 0.4) is 0 Å². The summed E-state index contributed by atoms with van der Waals surface area (Å²) in [5, 5.41) is 0. The molecule has 0 fully saturated rings. The molecule has 17 heavy (non-hydrogen) atoms. The Kier molecular flexibility index (Phi) is 2.57. The maximum Gasteiger partial charge on any atom is 0.136 e. The second-order valence-electron chi connectivity index (χ2n) is 4.33. The molecule has 2 aromatic rings. The summed E-state index contributed by atoms with van der Waals surface area (Å²) < 4.78 is 6.01. The number of fused-ring (bicyclic) bond motifs is 2. The third-order valence-electron chi connectivity index (χ3n) is 3.24. The van der Waals surface area contributed by atoms with Gasteiger partial charge in [-0.05, 0) is 22.8 Å². The molecule has 86 valence electrons. The molecule has 0 aromatic heterocycles. The van der Waals surface area contributed by atoms with Gasteiger partial charge in [0.2, 0.25) is 0 Å². The maximum atomic E-state index is 6.01. The molecule has 2 heteroatoms. The van der Waals surface area contributed by atoms with E-state index in [1.54, 1.807) is 0 Å². The minimum Gasteiger partial charge on any atom is -0.484 e. The van der Waals surface area contributed by atoms with Crippen molar-refractivity contribution in [1.29, 1.82) is 0 Å². The maximum absolute atomic E-state index is 6.01. The van der Waals surface area contributed by atoms with E-state index < -0.39 is 0 Å². The zero-order valence-corrected chi connectivity index (χ0v) is 9.60. The molecule has 1 aliphatic heterocycles. The van der Waals surface area contributed by atoms with Crippen LogP contribution in [0, 0.1) is 0 Å². The number of rotatable bonds is 1. The molecule has 0 amide bonds. The van der Waals surface area contributed by atoms with Crippen molar-refractivity contribution in [2.75, 3.05) is 6.54 Å². The summed E-state index contributed by atoms with van der Waals surface area (Å²) in [6, 6.07) is 16.6. The minimum absolute atomic E-state index is 0.0325. The molecule has 2 N–H and O–H groups in total. The Bertz CT molecular complexity index is 536. The first kappa shape index (κ1) is 10.4. The largest absolute Gasteiger partial charge is 0.484 e. The Labute approximate surface area is 101 Å². The molecule has 0 unspecified atom stereocenters.